The highest BCUT2D eigenvalue weighted by Gasteiger charge is 1.73. The molecule has 0 amide bonds. The van der Waals surface area contributed by atoms with E-state index in [1.165, 1.54) is 0 Å². The van der Waals surface area contributed by atoms with Crippen molar-refractivity contribution >= 4 is 15.9 Å². The van der Waals surface area contributed by atoms with Gasteiger partial charge >= 0.3 is 0 Å². The average molecular weight is 159 g/mol. The van der Waals surface area contributed by atoms with Gasteiger partial charge in [-0.3, -0.25) is 0 Å². The SMILES string of the molecule is C#C/C(C)=C/CBr. The lowest BCUT2D eigenvalue weighted by atomic mass is 10.3. The zero-order chi connectivity index (χ0) is 5.70. The summed E-state index contributed by atoms with van der Waals surface area (Å²) in [5.41, 5.74) is 0.983. The number of allylic oxidation sites excluding steroid dienone is 2. The summed E-state index contributed by atoms with van der Waals surface area (Å²) in [6.07, 6.45) is 6.96. The van der Waals surface area contributed by atoms with E-state index in [0.717, 1.165) is 10.9 Å². The van der Waals surface area contributed by atoms with Crippen molar-refractivity contribution in [2.75, 3.05) is 5.33 Å². The molecule has 0 aromatic rings. The molecule has 38 valence electrons. The Morgan fingerprint density at radius 1 is 2.00 bits per heavy atom. The number of alkyl halides is 1. The summed E-state index contributed by atoms with van der Waals surface area (Å²) in [4.78, 5) is 0. The van der Waals surface area contributed by atoms with E-state index < -0.39 is 0 Å². The molecule has 0 saturated heterocycles. The Bertz CT molecular complexity index is 106. The molecule has 0 spiro atoms. The van der Waals surface area contributed by atoms with Gasteiger partial charge in [-0.25, -0.2) is 0 Å². The highest BCUT2D eigenvalue weighted by atomic mass is 79.9. The highest BCUT2D eigenvalue weighted by molar-refractivity contribution is 9.09. The Hall–Kier alpha value is -0.220. The minimum Gasteiger partial charge on any atom is -0.115 e. The molecule has 0 atom stereocenters. The summed E-state index contributed by atoms with van der Waals surface area (Å²) in [6, 6.07) is 0. The predicted octanol–water partition coefficient (Wildman–Crippen LogP) is 1.96. The lowest BCUT2D eigenvalue weighted by Crippen LogP contribution is -1.66. The first-order valence-corrected chi connectivity index (χ1v) is 3.12. The van der Waals surface area contributed by atoms with Crippen molar-refractivity contribution < 1.29 is 0 Å². The van der Waals surface area contributed by atoms with Crippen molar-refractivity contribution in [1.82, 2.24) is 0 Å². The van der Waals surface area contributed by atoms with Crippen LogP contribution in [0.1, 0.15) is 6.92 Å². The summed E-state index contributed by atoms with van der Waals surface area (Å²) in [5, 5.41) is 0.850. The van der Waals surface area contributed by atoms with Gasteiger partial charge in [0, 0.05) is 5.33 Å². The second kappa shape index (κ2) is 3.95. The Morgan fingerprint density at radius 3 is 2.71 bits per heavy atom. The van der Waals surface area contributed by atoms with Crippen LogP contribution < -0.4 is 0 Å². The van der Waals surface area contributed by atoms with Crippen LogP contribution in [0, 0.1) is 12.3 Å². The Morgan fingerprint density at radius 2 is 2.57 bits per heavy atom. The first kappa shape index (κ1) is 6.78. The van der Waals surface area contributed by atoms with Crippen LogP contribution in [0.2, 0.25) is 0 Å². The van der Waals surface area contributed by atoms with Gasteiger partial charge in [-0.05, 0) is 12.5 Å². The molecule has 7 heavy (non-hydrogen) atoms. The highest BCUT2D eigenvalue weighted by Crippen LogP contribution is 1.90. The van der Waals surface area contributed by atoms with Crippen LogP contribution in [0.25, 0.3) is 0 Å². The molecular formula is C6H7Br. The van der Waals surface area contributed by atoms with Gasteiger partial charge in [0.05, 0.1) is 0 Å². The molecule has 0 rings (SSSR count). The topological polar surface area (TPSA) is 0 Å². The molecule has 0 heterocycles. The second-order valence-corrected chi connectivity index (χ2v) is 1.83. The quantitative estimate of drug-likeness (QED) is 0.405. The van der Waals surface area contributed by atoms with Crippen molar-refractivity contribution in [3.05, 3.63) is 11.6 Å². The summed E-state index contributed by atoms with van der Waals surface area (Å²) >= 11 is 3.22. The maximum Gasteiger partial charge on any atom is 0.0223 e. The van der Waals surface area contributed by atoms with Crippen LogP contribution in [0.4, 0.5) is 0 Å². The van der Waals surface area contributed by atoms with E-state index in [1.807, 2.05) is 13.0 Å². The zero-order valence-corrected chi connectivity index (χ0v) is 5.83. The molecule has 0 aliphatic rings. The zero-order valence-electron chi connectivity index (χ0n) is 4.24. The normalized spacial score (nSPS) is 10.7. The molecule has 1 heteroatoms. The van der Waals surface area contributed by atoms with Gasteiger partial charge in [-0.2, -0.15) is 0 Å². The van der Waals surface area contributed by atoms with Crippen LogP contribution in [0.3, 0.4) is 0 Å². The largest absolute Gasteiger partial charge is 0.115 e. The smallest absolute Gasteiger partial charge is 0.0223 e. The van der Waals surface area contributed by atoms with Gasteiger partial charge in [0.1, 0.15) is 0 Å². The third-order valence-corrected chi connectivity index (χ3v) is 0.935. The molecule has 0 N–H and O–H groups in total. The first-order valence-electron chi connectivity index (χ1n) is 2.00. The van der Waals surface area contributed by atoms with Gasteiger partial charge in [0.2, 0.25) is 0 Å². The number of hydrogen-bond donors (Lipinski definition) is 0. The number of halogens is 1. The van der Waals surface area contributed by atoms with Crippen molar-refractivity contribution in [2.24, 2.45) is 0 Å². The molecule has 0 fully saturated rings. The van der Waals surface area contributed by atoms with Gasteiger partial charge in [-0.15, -0.1) is 6.42 Å². The Kier molecular flexibility index (Phi) is 3.83. The monoisotopic (exact) mass is 158 g/mol. The lowest BCUT2D eigenvalue weighted by molar-refractivity contribution is 1.54. The van der Waals surface area contributed by atoms with Gasteiger partial charge in [0.25, 0.3) is 0 Å². The van der Waals surface area contributed by atoms with Crippen molar-refractivity contribution in [1.29, 1.82) is 0 Å². The maximum absolute atomic E-state index is 5.02. The summed E-state index contributed by atoms with van der Waals surface area (Å²) in [6.45, 7) is 1.90. The number of hydrogen-bond acceptors (Lipinski definition) is 0. The van der Waals surface area contributed by atoms with Crippen LogP contribution >= 0.6 is 15.9 Å². The van der Waals surface area contributed by atoms with E-state index in [0.29, 0.717) is 0 Å². The van der Waals surface area contributed by atoms with Gasteiger partial charge < -0.3 is 0 Å². The van der Waals surface area contributed by atoms with E-state index in [2.05, 4.69) is 21.9 Å². The molecule has 0 bridgehead atoms. The Labute approximate surface area is 52.7 Å². The van der Waals surface area contributed by atoms with Crippen molar-refractivity contribution in [3.63, 3.8) is 0 Å². The molecule has 0 aromatic heterocycles. The molecule has 0 unspecified atom stereocenters. The van der Waals surface area contributed by atoms with Crippen LogP contribution in [-0.4, -0.2) is 5.33 Å². The van der Waals surface area contributed by atoms with Gasteiger partial charge in [0.15, 0.2) is 0 Å². The second-order valence-electron chi connectivity index (χ2n) is 1.19. The fraction of sp³-hybridized carbons (Fsp3) is 0.333. The van der Waals surface area contributed by atoms with Crippen LogP contribution in [0.15, 0.2) is 11.6 Å². The van der Waals surface area contributed by atoms with Gasteiger partial charge in [-0.1, -0.05) is 27.9 Å². The molecule has 0 aromatic carbocycles. The predicted molar refractivity (Wildman–Crippen MR) is 36.4 cm³/mol. The summed E-state index contributed by atoms with van der Waals surface area (Å²) in [5.74, 6) is 2.50. The summed E-state index contributed by atoms with van der Waals surface area (Å²) in [7, 11) is 0. The Balaban J connectivity index is 3.57. The van der Waals surface area contributed by atoms with Crippen molar-refractivity contribution in [2.45, 2.75) is 6.92 Å². The molecule has 0 nitrogen and oxygen atoms in total. The maximum atomic E-state index is 5.02. The lowest BCUT2D eigenvalue weighted by Gasteiger charge is -1.79. The fourth-order valence-electron chi connectivity index (χ4n) is 0.175. The molecule has 0 saturated carbocycles. The standard InChI is InChI=1S/C6H7Br/c1-3-6(2)4-5-7/h1,4H,5H2,2H3/b6-4+. The number of rotatable bonds is 1. The van der Waals surface area contributed by atoms with Crippen molar-refractivity contribution in [3.8, 4) is 12.3 Å². The minimum absolute atomic E-state index is 0.850. The molecular weight excluding hydrogens is 152 g/mol. The fourth-order valence-corrected chi connectivity index (χ4v) is 0.660. The third-order valence-electron chi connectivity index (χ3n) is 0.611. The molecule has 0 radical (unpaired) electrons. The first-order chi connectivity index (χ1) is 3.31. The average Bonchev–Trinajstić information content (AvgIpc) is 1.68. The molecule has 0 aliphatic carbocycles. The van der Waals surface area contributed by atoms with E-state index in [-0.39, 0.29) is 0 Å². The third kappa shape index (κ3) is 3.61. The number of terminal acetylenes is 1. The van der Waals surface area contributed by atoms with E-state index in [4.69, 9.17) is 6.42 Å². The minimum atomic E-state index is 0.850. The van der Waals surface area contributed by atoms with E-state index in [1.54, 1.807) is 0 Å². The summed E-state index contributed by atoms with van der Waals surface area (Å²) < 4.78 is 0. The van der Waals surface area contributed by atoms with Crippen LogP contribution in [0.5, 0.6) is 0 Å². The van der Waals surface area contributed by atoms with E-state index in [9.17, 15) is 0 Å². The molecule has 0 aliphatic heterocycles. The van der Waals surface area contributed by atoms with E-state index >= 15 is 0 Å². The van der Waals surface area contributed by atoms with Crippen LogP contribution in [-0.2, 0) is 0 Å².